The van der Waals surface area contributed by atoms with E-state index in [1.165, 1.54) is 0 Å². The Morgan fingerprint density at radius 3 is 1.72 bits per heavy atom. The third-order valence-corrected chi connectivity index (χ3v) is 4.33. The van der Waals surface area contributed by atoms with E-state index in [1.807, 2.05) is 48.5 Å². The summed E-state index contributed by atoms with van der Waals surface area (Å²) in [6.45, 7) is -0.368. The topological polar surface area (TPSA) is 85.2 Å². The molecule has 0 unspecified atom stereocenters. The Hall–Kier alpha value is -4.06. The summed E-state index contributed by atoms with van der Waals surface area (Å²) in [5, 5.41) is 8.74. The summed E-state index contributed by atoms with van der Waals surface area (Å²) in [6.07, 6.45) is 6.96. The molecule has 29 heavy (non-hydrogen) atoms. The van der Waals surface area contributed by atoms with Gasteiger partial charge in [0.2, 0.25) is 0 Å². The molecule has 0 aliphatic carbocycles. The first-order chi connectivity index (χ1) is 14.2. The van der Waals surface area contributed by atoms with Gasteiger partial charge in [-0.3, -0.25) is 9.97 Å². The van der Waals surface area contributed by atoms with Crippen LogP contribution in [0.1, 0.15) is 0 Å². The molecule has 0 aliphatic rings. The molecule has 6 heteroatoms. The van der Waals surface area contributed by atoms with Crippen LogP contribution in [0.15, 0.2) is 85.5 Å². The maximum absolute atomic E-state index is 10.7. The number of carboxylic acids is 1. The zero-order chi connectivity index (χ0) is 20.1. The van der Waals surface area contributed by atoms with Crippen LogP contribution in [-0.4, -0.2) is 32.6 Å². The van der Waals surface area contributed by atoms with Crippen LogP contribution < -0.4 is 4.74 Å². The van der Waals surface area contributed by atoms with Crippen molar-refractivity contribution in [1.82, 2.24) is 15.0 Å². The number of nitrogens with zero attached hydrogens (tertiary/aromatic N) is 3. The molecule has 4 rings (SSSR count). The van der Waals surface area contributed by atoms with Crippen molar-refractivity contribution in [3.05, 3.63) is 85.5 Å². The van der Waals surface area contributed by atoms with Crippen LogP contribution in [0.25, 0.3) is 33.6 Å². The van der Waals surface area contributed by atoms with Crippen LogP contribution in [0.3, 0.4) is 0 Å². The number of hydrogen-bond acceptors (Lipinski definition) is 5. The van der Waals surface area contributed by atoms with Gasteiger partial charge < -0.3 is 9.84 Å². The van der Waals surface area contributed by atoms with Crippen LogP contribution in [-0.2, 0) is 4.79 Å². The van der Waals surface area contributed by atoms with E-state index in [9.17, 15) is 4.79 Å². The summed E-state index contributed by atoms with van der Waals surface area (Å²) in [5.74, 6) is -0.499. The highest BCUT2D eigenvalue weighted by molar-refractivity contribution is 5.76. The minimum atomic E-state index is -1.01. The number of rotatable bonds is 6. The summed E-state index contributed by atoms with van der Waals surface area (Å²) in [5.41, 5.74) is 5.58. The van der Waals surface area contributed by atoms with Crippen molar-refractivity contribution >= 4 is 5.97 Å². The lowest BCUT2D eigenvalue weighted by Crippen LogP contribution is -2.09. The van der Waals surface area contributed by atoms with Gasteiger partial charge in [0.1, 0.15) is 5.75 Å². The largest absolute Gasteiger partial charge is 0.482 e. The number of carbonyl (C=O) groups is 1. The molecule has 0 radical (unpaired) electrons. The zero-order valence-electron chi connectivity index (χ0n) is 15.4. The van der Waals surface area contributed by atoms with Gasteiger partial charge in [-0.2, -0.15) is 0 Å². The van der Waals surface area contributed by atoms with Crippen LogP contribution in [0.4, 0.5) is 0 Å². The number of hydrogen-bond donors (Lipinski definition) is 1. The first-order valence-electron chi connectivity index (χ1n) is 8.97. The van der Waals surface area contributed by atoms with Gasteiger partial charge in [-0.25, -0.2) is 9.78 Å². The van der Waals surface area contributed by atoms with Gasteiger partial charge in [0, 0.05) is 35.9 Å². The monoisotopic (exact) mass is 383 g/mol. The molecule has 1 N–H and O–H groups in total. The summed E-state index contributed by atoms with van der Waals surface area (Å²) in [6, 6.07) is 19.1. The second-order valence-electron chi connectivity index (χ2n) is 6.30. The van der Waals surface area contributed by atoms with Gasteiger partial charge in [0.25, 0.3) is 0 Å². The lowest BCUT2D eigenvalue weighted by molar-refractivity contribution is -0.139. The smallest absolute Gasteiger partial charge is 0.341 e. The van der Waals surface area contributed by atoms with Crippen molar-refractivity contribution < 1.29 is 14.6 Å². The highest BCUT2D eigenvalue weighted by atomic mass is 16.5. The highest BCUT2D eigenvalue weighted by Gasteiger charge is 2.09. The van der Waals surface area contributed by atoms with Crippen molar-refractivity contribution in [2.24, 2.45) is 0 Å². The summed E-state index contributed by atoms with van der Waals surface area (Å²) >= 11 is 0. The predicted octanol–water partition coefficient (Wildman–Crippen LogP) is 4.34. The molecule has 142 valence electrons. The van der Waals surface area contributed by atoms with E-state index in [0.29, 0.717) is 5.75 Å². The first-order valence-corrected chi connectivity index (χ1v) is 8.97. The molecule has 0 bridgehead atoms. The average molecular weight is 383 g/mol. The van der Waals surface area contributed by atoms with Crippen molar-refractivity contribution in [1.29, 1.82) is 0 Å². The van der Waals surface area contributed by atoms with Gasteiger partial charge in [-0.1, -0.05) is 12.1 Å². The van der Waals surface area contributed by atoms with E-state index in [4.69, 9.17) is 14.8 Å². The molecule has 0 saturated carbocycles. The molecule has 0 aliphatic heterocycles. The van der Waals surface area contributed by atoms with Gasteiger partial charge in [0.05, 0.1) is 11.4 Å². The molecule has 0 spiro atoms. The maximum Gasteiger partial charge on any atom is 0.341 e. The molecule has 0 saturated heterocycles. The minimum Gasteiger partial charge on any atom is -0.482 e. The van der Waals surface area contributed by atoms with Crippen LogP contribution in [0.2, 0.25) is 0 Å². The molecular formula is C23H17N3O3. The quantitative estimate of drug-likeness (QED) is 0.533. The fourth-order valence-corrected chi connectivity index (χ4v) is 2.93. The SMILES string of the molecule is O=C(O)COc1ccc(-c2cc(-c3ccncc3)nc(-c3ccncc3)c2)cc1. The predicted molar refractivity (Wildman–Crippen MR) is 109 cm³/mol. The lowest BCUT2D eigenvalue weighted by Gasteiger charge is -2.11. The van der Waals surface area contributed by atoms with Crippen LogP contribution in [0, 0.1) is 0 Å². The molecule has 3 heterocycles. The van der Waals surface area contributed by atoms with Crippen molar-refractivity contribution in [2.45, 2.75) is 0 Å². The van der Waals surface area contributed by atoms with Crippen LogP contribution >= 0.6 is 0 Å². The number of ether oxygens (including phenoxy) is 1. The molecule has 0 atom stereocenters. The molecule has 3 aromatic heterocycles. The fraction of sp³-hybridized carbons (Fsp3) is 0.0435. The van der Waals surface area contributed by atoms with E-state index in [2.05, 4.69) is 9.97 Å². The molecule has 4 aromatic rings. The highest BCUT2D eigenvalue weighted by Crippen LogP contribution is 2.30. The molecule has 0 amide bonds. The summed E-state index contributed by atoms with van der Waals surface area (Å²) in [4.78, 5) is 23.6. The van der Waals surface area contributed by atoms with E-state index in [0.717, 1.165) is 33.6 Å². The third-order valence-electron chi connectivity index (χ3n) is 4.33. The molecule has 6 nitrogen and oxygen atoms in total. The minimum absolute atomic E-state index is 0.368. The van der Waals surface area contributed by atoms with Gasteiger partial charge in [-0.05, 0) is 59.7 Å². The Morgan fingerprint density at radius 1 is 0.724 bits per heavy atom. The Bertz CT molecular complexity index is 1060. The number of aromatic nitrogens is 3. The number of benzene rings is 1. The Balaban J connectivity index is 1.75. The van der Waals surface area contributed by atoms with Gasteiger partial charge in [0.15, 0.2) is 6.61 Å². The standard InChI is InChI=1S/C23H17N3O3/c27-23(28)15-29-20-3-1-16(2-4-20)19-13-21(17-5-9-24-10-6-17)26-22(14-19)18-7-11-25-12-8-18/h1-14H,15H2,(H,27,28). The summed E-state index contributed by atoms with van der Waals surface area (Å²) in [7, 11) is 0. The first kappa shape index (κ1) is 18.3. The number of aliphatic carboxylic acids is 1. The second kappa shape index (κ2) is 8.31. The normalized spacial score (nSPS) is 10.5. The lowest BCUT2D eigenvalue weighted by atomic mass is 10.0. The average Bonchev–Trinajstić information content (AvgIpc) is 2.79. The molecule has 0 fully saturated rings. The van der Waals surface area contributed by atoms with Crippen molar-refractivity contribution in [3.63, 3.8) is 0 Å². The Labute approximate surface area is 167 Å². The van der Waals surface area contributed by atoms with Crippen molar-refractivity contribution in [3.8, 4) is 39.4 Å². The molecule has 1 aromatic carbocycles. The fourth-order valence-electron chi connectivity index (χ4n) is 2.93. The van der Waals surface area contributed by atoms with E-state index in [1.54, 1.807) is 36.9 Å². The number of carboxylic acid groups (broad SMARTS) is 1. The second-order valence-corrected chi connectivity index (χ2v) is 6.30. The number of pyridine rings is 3. The van der Waals surface area contributed by atoms with Gasteiger partial charge >= 0.3 is 5.97 Å². The molecular weight excluding hydrogens is 366 g/mol. The maximum atomic E-state index is 10.7. The van der Waals surface area contributed by atoms with Crippen LogP contribution in [0.5, 0.6) is 5.75 Å². The van der Waals surface area contributed by atoms with E-state index < -0.39 is 5.97 Å². The van der Waals surface area contributed by atoms with Crippen molar-refractivity contribution in [2.75, 3.05) is 6.61 Å². The summed E-state index contributed by atoms with van der Waals surface area (Å²) < 4.78 is 5.22. The third kappa shape index (κ3) is 4.44. The van der Waals surface area contributed by atoms with E-state index in [-0.39, 0.29) is 6.61 Å². The Kier molecular flexibility index (Phi) is 5.25. The Morgan fingerprint density at radius 2 is 1.24 bits per heavy atom. The van der Waals surface area contributed by atoms with E-state index >= 15 is 0 Å². The zero-order valence-corrected chi connectivity index (χ0v) is 15.4. The van der Waals surface area contributed by atoms with Gasteiger partial charge in [-0.15, -0.1) is 0 Å².